The van der Waals surface area contributed by atoms with E-state index in [0.29, 0.717) is 37.0 Å². The van der Waals surface area contributed by atoms with Crippen LogP contribution in [-0.2, 0) is 21.6 Å². The summed E-state index contributed by atoms with van der Waals surface area (Å²) in [6.07, 6.45) is 4.07. The van der Waals surface area contributed by atoms with Crippen molar-refractivity contribution in [1.82, 2.24) is 15.0 Å². The highest BCUT2D eigenvalue weighted by Gasteiger charge is 2.60. The maximum Gasteiger partial charge on any atom is 0.229 e. The molecule has 2 atom stereocenters. The average Bonchev–Trinajstić information content (AvgIpc) is 3.50. The molecule has 31 heavy (non-hydrogen) atoms. The number of amides is 1. The summed E-state index contributed by atoms with van der Waals surface area (Å²) in [4.78, 5) is 26.0. The molecule has 2 aromatic heterocycles. The number of anilines is 1. The number of carbonyl (C=O) groups excluding carboxylic acids is 1. The monoisotopic (exact) mass is 418 g/mol. The largest absolute Gasteiger partial charge is 0.489 e. The van der Waals surface area contributed by atoms with Gasteiger partial charge in [0.1, 0.15) is 11.6 Å². The van der Waals surface area contributed by atoms with Gasteiger partial charge in [0, 0.05) is 18.7 Å². The van der Waals surface area contributed by atoms with Crippen molar-refractivity contribution in [2.45, 2.75) is 32.3 Å². The maximum absolute atomic E-state index is 13.1. The van der Waals surface area contributed by atoms with Crippen molar-refractivity contribution in [2.75, 3.05) is 19.0 Å². The first-order valence-electron chi connectivity index (χ1n) is 10.2. The summed E-state index contributed by atoms with van der Waals surface area (Å²) in [5.74, 6) is 1.59. The van der Waals surface area contributed by atoms with Gasteiger partial charge in [-0.05, 0) is 43.5 Å². The van der Waals surface area contributed by atoms with Gasteiger partial charge in [-0.25, -0.2) is 15.0 Å². The molecule has 0 aliphatic heterocycles. The number of hydrogen-bond acceptors (Lipinski definition) is 6. The second-order valence-electron chi connectivity index (χ2n) is 7.91. The van der Waals surface area contributed by atoms with Crippen LogP contribution >= 0.6 is 0 Å². The van der Waals surface area contributed by atoms with Crippen LogP contribution in [0, 0.1) is 19.8 Å². The molecule has 0 spiro atoms. The predicted octanol–water partition coefficient (Wildman–Crippen LogP) is 3.61. The number of nitrogens with zero attached hydrogens (tertiary/aromatic N) is 3. The summed E-state index contributed by atoms with van der Waals surface area (Å²) >= 11 is 0. The van der Waals surface area contributed by atoms with Crippen LogP contribution in [0.5, 0.6) is 5.75 Å². The quantitative estimate of drug-likeness (QED) is 0.601. The van der Waals surface area contributed by atoms with Gasteiger partial charge < -0.3 is 14.8 Å². The lowest BCUT2D eigenvalue weighted by Crippen LogP contribution is -2.27. The number of benzene rings is 1. The molecule has 0 bridgehead atoms. The lowest BCUT2D eigenvalue weighted by molar-refractivity contribution is -0.117. The fourth-order valence-corrected chi connectivity index (χ4v) is 3.91. The fourth-order valence-electron chi connectivity index (χ4n) is 3.91. The van der Waals surface area contributed by atoms with Crippen molar-refractivity contribution in [1.29, 1.82) is 0 Å². The predicted molar refractivity (Wildman–Crippen MR) is 117 cm³/mol. The molecule has 0 saturated heterocycles. The van der Waals surface area contributed by atoms with Crippen LogP contribution in [0.4, 0.5) is 5.82 Å². The van der Waals surface area contributed by atoms with Crippen LogP contribution in [-0.4, -0.2) is 34.6 Å². The van der Waals surface area contributed by atoms with Crippen LogP contribution < -0.4 is 10.1 Å². The van der Waals surface area contributed by atoms with E-state index in [1.165, 1.54) is 0 Å². The lowest BCUT2D eigenvalue weighted by Gasteiger charge is -2.19. The molecule has 0 radical (unpaired) electrons. The van der Waals surface area contributed by atoms with E-state index >= 15 is 0 Å². The Morgan fingerprint density at radius 1 is 1.19 bits per heavy atom. The second kappa shape index (κ2) is 8.81. The van der Waals surface area contributed by atoms with Crippen LogP contribution in [0.2, 0.25) is 0 Å². The number of hydrogen-bond donors (Lipinski definition) is 1. The highest BCUT2D eigenvalue weighted by molar-refractivity contribution is 5.95. The van der Waals surface area contributed by atoms with Crippen molar-refractivity contribution in [3.63, 3.8) is 0 Å². The molecule has 7 heteroatoms. The zero-order chi connectivity index (χ0) is 21.8. The van der Waals surface area contributed by atoms with Crippen molar-refractivity contribution >= 4 is 11.7 Å². The third-order valence-electron chi connectivity index (χ3n) is 5.67. The van der Waals surface area contributed by atoms with Crippen LogP contribution in [0.25, 0.3) is 0 Å². The van der Waals surface area contributed by atoms with Crippen LogP contribution in [0.1, 0.15) is 29.1 Å². The van der Waals surface area contributed by atoms with Gasteiger partial charge >= 0.3 is 0 Å². The summed E-state index contributed by atoms with van der Waals surface area (Å²) in [7, 11) is 1.64. The SMILES string of the molecule is COCc1ccnc(NC(=O)C2C[C@@]2(COc2cnc(C)nc2C)c2ccccc2)c1. The molecular weight excluding hydrogens is 392 g/mol. The van der Waals surface area contributed by atoms with Gasteiger partial charge in [0.05, 0.1) is 31.0 Å². The van der Waals surface area contributed by atoms with Gasteiger partial charge in [0.15, 0.2) is 5.75 Å². The maximum atomic E-state index is 13.1. The summed E-state index contributed by atoms with van der Waals surface area (Å²) in [6, 6.07) is 13.7. The number of pyridine rings is 1. The van der Waals surface area contributed by atoms with Crippen LogP contribution in [0.3, 0.4) is 0 Å². The Bertz CT molecular complexity index is 1070. The van der Waals surface area contributed by atoms with E-state index in [2.05, 4.69) is 20.3 Å². The number of aromatic nitrogens is 3. The molecule has 160 valence electrons. The van der Waals surface area contributed by atoms with Gasteiger partial charge in [-0.3, -0.25) is 4.79 Å². The minimum Gasteiger partial charge on any atom is -0.489 e. The Morgan fingerprint density at radius 2 is 2.00 bits per heavy atom. The summed E-state index contributed by atoms with van der Waals surface area (Å²) in [5.41, 5.74) is 2.43. The van der Waals surface area contributed by atoms with Gasteiger partial charge in [-0.15, -0.1) is 0 Å². The van der Waals surface area contributed by atoms with Gasteiger partial charge in [0.25, 0.3) is 0 Å². The number of carbonyl (C=O) groups is 1. The molecule has 1 fully saturated rings. The number of ether oxygens (including phenoxy) is 2. The first-order chi connectivity index (χ1) is 15.0. The number of methoxy groups -OCH3 is 1. The first kappa shape index (κ1) is 20.9. The minimum atomic E-state index is -0.396. The van der Waals surface area contributed by atoms with Gasteiger partial charge in [-0.2, -0.15) is 0 Å². The molecule has 1 unspecified atom stereocenters. The molecule has 1 aliphatic carbocycles. The van der Waals surface area contributed by atoms with Crippen molar-refractivity contribution in [3.05, 3.63) is 77.5 Å². The first-order valence-corrected chi connectivity index (χ1v) is 10.2. The number of aryl methyl sites for hydroxylation is 2. The Morgan fingerprint density at radius 3 is 2.74 bits per heavy atom. The summed E-state index contributed by atoms with van der Waals surface area (Å²) in [6.45, 7) is 4.59. The van der Waals surface area contributed by atoms with Crippen molar-refractivity contribution < 1.29 is 14.3 Å². The van der Waals surface area contributed by atoms with Crippen LogP contribution in [0.15, 0.2) is 54.9 Å². The van der Waals surface area contributed by atoms with E-state index in [0.717, 1.165) is 16.8 Å². The average molecular weight is 418 g/mol. The van der Waals surface area contributed by atoms with Crippen molar-refractivity contribution in [3.8, 4) is 5.75 Å². The van der Waals surface area contributed by atoms with Crippen molar-refractivity contribution in [2.24, 2.45) is 5.92 Å². The molecule has 1 amide bonds. The molecule has 1 N–H and O–H groups in total. The molecule has 3 aromatic rings. The molecule has 2 heterocycles. The minimum absolute atomic E-state index is 0.0635. The molecule has 4 rings (SSSR count). The zero-order valence-corrected chi connectivity index (χ0v) is 18.0. The fraction of sp³-hybridized carbons (Fsp3) is 0.333. The summed E-state index contributed by atoms with van der Waals surface area (Å²) in [5, 5.41) is 2.96. The number of rotatable bonds is 8. The standard InChI is InChI=1S/C24H26N4O3/c1-16-21(13-26-17(2)27-16)31-15-24(19-7-5-4-6-8-19)12-20(24)23(29)28-22-11-18(14-30-3)9-10-25-22/h4-11,13,20H,12,14-15H2,1-3H3,(H,25,28,29)/t20?,24-/m1/s1. The molecule has 1 saturated carbocycles. The third-order valence-corrected chi connectivity index (χ3v) is 5.67. The molecule has 1 aliphatic rings. The Kier molecular flexibility index (Phi) is 5.95. The normalized spacial score (nSPS) is 19.6. The zero-order valence-electron chi connectivity index (χ0n) is 18.0. The third kappa shape index (κ3) is 4.56. The van der Waals surface area contributed by atoms with E-state index in [4.69, 9.17) is 9.47 Å². The van der Waals surface area contributed by atoms with E-state index in [9.17, 15) is 4.79 Å². The highest BCUT2D eigenvalue weighted by Crippen LogP contribution is 2.55. The number of nitrogens with one attached hydrogen (secondary N) is 1. The molecule has 7 nitrogen and oxygen atoms in total. The highest BCUT2D eigenvalue weighted by atomic mass is 16.5. The van der Waals surface area contributed by atoms with Gasteiger partial charge in [0.2, 0.25) is 5.91 Å². The van der Waals surface area contributed by atoms with E-state index in [1.54, 1.807) is 19.5 Å². The molecular formula is C24H26N4O3. The molecule has 1 aromatic carbocycles. The lowest BCUT2D eigenvalue weighted by atomic mass is 9.93. The second-order valence-corrected chi connectivity index (χ2v) is 7.91. The Balaban J connectivity index is 1.52. The van der Waals surface area contributed by atoms with Gasteiger partial charge in [-0.1, -0.05) is 30.3 Å². The topological polar surface area (TPSA) is 86.2 Å². The van der Waals surface area contributed by atoms with E-state index in [1.807, 2.05) is 56.3 Å². The Hall–Kier alpha value is -3.32. The summed E-state index contributed by atoms with van der Waals surface area (Å²) < 4.78 is 11.3. The smallest absolute Gasteiger partial charge is 0.229 e. The van der Waals surface area contributed by atoms with E-state index < -0.39 is 5.41 Å². The van der Waals surface area contributed by atoms with E-state index in [-0.39, 0.29) is 11.8 Å². The Labute approximate surface area is 181 Å².